The number of benzene rings is 3. The highest BCUT2D eigenvalue weighted by Gasteiger charge is 2.31. The van der Waals surface area contributed by atoms with Crippen LogP contribution in [0.2, 0.25) is 5.02 Å². The summed E-state index contributed by atoms with van der Waals surface area (Å²) in [4.78, 5) is 13.2. The lowest BCUT2D eigenvalue weighted by Crippen LogP contribution is -2.42. The number of sulfonamides is 1. The van der Waals surface area contributed by atoms with Crippen molar-refractivity contribution in [2.24, 2.45) is 0 Å². The van der Waals surface area contributed by atoms with Crippen LogP contribution in [0.4, 0.5) is 5.69 Å². The smallest absolute Gasteiger partial charge is 0.265 e. The number of methoxy groups -OCH3 is 4. The highest BCUT2D eigenvalue weighted by molar-refractivity contribution is 7.92. The Morgan fingerprint density at radius 2 is 1.50 bits per heavy atom. The minimum Gasteiger partial charge on any atom is -0.497 e. The molecule has 0 aliphatic carbocycles. The zero-order chi connectivity index (χ0) is 27.9. The molecule has 0 heterocycles. The summed E-state index contributed by atoms with van der Waals surface area (Å²) in [7, 11) is 1.55. The Bertz CT molecular complexity index is 1360. The molecule has 3 aromatic carbocycles. The molecule has 1 unspecified atom stereocenters. The number of ether oxygens (including phenoxy) is 4. The molecule has 0 saturated carbocycles. The van der Waals surface area contributed by atoms with Crippen LogP contribution in [0, 0.1) is 0 Å². The van der Waals surface area contributed by atoms with E-state index in [2.05, 4.69) is 5.32 Å². The maximum Gasteiger partial charge on any atom is 0.265 e. The number of carbonyl (C=O) groups is 1. The molecule has 0 aliphatic heterocycles. The van der Waals surface area contributed by atoms with Gasteiger partial charge in [0.1, 0.15) is 18.0 Å². The van der Waals surface area contributed by atoms with Gasteiger partial charge >= 0.3 is 0 Å². The third-order valence-corrected chi connectivity index (χ3v) is 7.89. The molecular formula is C27H31ClN2O7S. The van der Waals surface area contributed by atoms with Gasteiger partial charge in [-0.1, -0.05) is 30.7 Å². The Labute approximate surface area is 228 Å². The number of halogens is 1. The Morgan fingerprint density at radius 3 is 2.08 bits per heavy atom. The van der Waals surface area contributed by atoms with Gasteiger partial charge in [-0.15, -0.1) is 0 Å². The molecule has 204 valence electrons. The maximum absolute atomic E-state index is 13.9. The largest absolute Gasteiger partial charge is 0.497 e. The van der Waals surface area contributed by atoms with Gasteiger partial charge in [-0.3, -0.25) is 9.10 Å². The summed E-state index contributed by atoms with van der Waals surface area (Å²) in [5.74, 6) is 0.991. The van der Waals surface area contributed by atoms with Crippen LogP contribution >= 0.6 is 11.6 Å². The van der Waals surface area contributed by atoms with Crippen molar-refractivity contribution in [2.45, 2.75) is 24.3 Å². The number of hydrogen-bond acceptors (Lipinski definition) is 7. The molecule has 9 nitrogen and oxygen atoms in total. The summed E-state index contributed by atoms with van der Waals surface area (Å²) in [6.07, 6.45) is 0.584. The van der Waals surface area contributed by atoms with Gasteiger partial charge in [0.15, 0.2) is 11.5 Å². The number of rotatable bonds is 12. The monoisotopic (exact) mass is 562 g/mol. The highest BCUT2D eigenvalue weighted by Crippen LogP contribution is 2.37. The molecule has 0 saturated heterocycles. The number of nitrogens with one attached hydrogen (secondary N) is 1. The van der Waals surface area contributed by atoms with E-state index in [1.54, 1.807) is 31.4 Å². The predicted octanol–water partition coefficient (Wildman–Crippen LogP) is 4.84. The normalized spacial score (nSPS) is 11.8. The van der Waals surface area contributed by atoms with Gasteiger partial charge in [0.05, 0.1) is 45.1 Å². The second-order valence-electron chi connectivity index (χ2n) is 8.15. The predicted molar refractivity (Wildman–Crippen MR) is 146 cm³/mol. The summed E-state index contributed by atoms with van der Waals surface area (Å²) in [6.45, 7) is 1.40. The van der Waals surface area contributed by atoms with Crippen LogP contribution in [0.25, 0.3) is 0 Å². The zero-order valence-electron chi connectivity index (χ0n) is 21.9. The van der Waals surface area contributed by atoms with Crippen LogP contribution in [0.15, 0.2) is 65.6 Å². The molecule has 1 atom stereocenters. The summed E-state index contributed by atoms with van der Waals surface area (Å²) in [5.41, 5.74) is 0.971. The molecule has 1 N–H and O–H groups in total. The molecule has 0 radical (unpaired) electrons. The first-order valence-corrected chi connectivity index (χ1v) is 13.5. The number of hydrogen-bond donors (Lipinski definition) is 1. The molecule has 1 amide bonds. The van der Waals surface area contributed by atoms with E-state index in [-0.39, 0.29) is 33.1 Å². The van der Waals surface area contributed by atoms with E-state index < -0.39 is 22.5 Å². The average Bonchev–Trinajstić information content (AvgIpc) is 2.94. The van der Waals surface area contributed by atoms with E-state index in [9.17, 15) is 13.2 Å². The minimum atomic E-state index is -4.29. The molecule has 3 aromatic rings. The Hall–Kier alpha value is -3.63. The van der Waals surface area contributed by atoms with E-state index in [4.69, 9.17) is 30.5 Å². The van der Waals surface area contributed by atoms with Crippen molar-refractivity contribution in [2.75, 3.05) is 39.3 Å². The van der Waals surface area contributed by atoms with E-state index in [0.717, 1.165) is 9.87 Å². The van der Waals surface area contributed by atoms with Crippen LogP contribution < -0.4 is 28.6 Å². The summed E-state index contributed by atoms with van der Waals surface area (Å²) in [5, 5.41) is 3.21. The van der Waals surface area contributed by atoms with Gasteiger partial charge in [-0.25, -0.2) is 8.42 Å². The van der Waals surface area contributed by atoms with Gasteiger partial charge in [0.2, 0.25) is 5.91 Å². The van der Waals surface area contributed by atoms with E-state index in [1.807, 2.05) is 19.1 Å². The second-order valence-corrected chi connectivity index (χ2v) is 10.4. The number of carbonyl (C=O) groups excluding carboxylic acids is 1. The third kappa shape index (κ3) is 6.43. The van der Waals surface area contributed by atoms with Crippen molar-refractivity contribution in [1.82, 2.24) is 5.32 Å². The molecular weight excluding hydrogens is 532 g/mol. The fourth-order valence-electron chi connectivity index (χ4n) is 3.89. The van der Waals surface area contributed by atoms with Crippen molar-refractivity contribution in [3.8, 4) is 23.0 Å². The lowest BCUT2D eigenvalue weighted by Gasteiger charge is -2.27. The third-order valence-electron chi connectivity index (χ3n) is 5.90. The summed E-state index contributed by atoms with van der Waals surface area (Å²) < 4.78 is 50.0. The minimum absolute atomic E-state index is 0.104. The Balaban J connectivity index is 2.02. The summed E-state index contributed by atoms with van der Waals surface area (Å²) >= 11 is 6.22. The maximum atomic E-state index is 13.9. The molecule has 0 bridgehead atoms. The topological polar surface area (TPSA) is 103 Å². The fraction of sp³-hybridized carbons (Fsp3) is 0.296. The molecule has 3 rings (SSSR count). The molecule has 0 spiro atoms. The first-order chi connectivity index (χ1) is 18.2. The lowest BCUT2D eigenvalue weighted by atomic mass is 10.0. The van der Waals surface area contributed by atoms with Crippen LogP contribution in [0.5, 0.6) is 23.0 Å². The van der Waals surface area contributed by atoms with Gasteiger partial charge in [-0.2, -0.15) is 0 Å². The van der Waals surface area contributed by atoms with Gasteiger partial charge in [0, 0.05) is 11.1 Å². The molecule has 0 aromatic heterocycles. The van der Waals surface area contributed by atoms with E-state index in [1.165, 1.54) is 45.6 Å². The quantitative estimate of drug-likeness (QED) is 0.337. The zero-order valence-corrected chi connectivity index (χ0v) is 23.4. The Morgan fingerprint density at radius 1 is 0.868 bits per heavy atom. The second kappa shape index (κ2) is 12.7. The molecule has 0 fully saturated rings. The van der Waals surface area contributed by atoms with Crippen LogP contribution in [0.1, 0.15) is 24.9 Å². The molecule has 38 heavy (non-hydrogen) atoms. The number of anilines is 1. The lowest BCUT2D eigenvalue weighted by molar-refractivity contribution is -0.120. The van der Waals surface area contributed by atoms with Crippen molar-refractivity contribution >= 4 is 33.2 Å². The number of amides is 1. The van der Waals surface area contributed by atoms with E-state index >= 15 is 0 Å². The number of nitrogens with zero attached hydrogens (tertiary/aromatic N) is 1. The fourth-order valence-corrected chi connectivity index (χ4v) is 5.50. The standard InChI is InChI=1S/C27H31ClN2O7S/c1-6-22(18-7-10-20(34-2)11-8-18)29-27(31)17-30(23-15-19(28)9-13-24(23)35-3)38(32,33)21-12-14-25(36-4)26(16-21)37-5/h7-16,22H,6,17H2,1-5H3,(H,29,31). The van der Waals surface area contributed by atoms with Gasteiger partial charge < -0.3 is 24.3 Å². The van der Waals surface area contributed by atoms with Crippen LogP contribution in [-0.4, -0.2) is 49.3 Å². The SMILES string of the molecule is CCC(NC(=O)CN(c1cc(Cl)ccc1OC)S(=O)(=O)c1ccc(OC)c(OC)c1)c1ccc(OC)cc1. The van der Waals surface area contributed by atoms with Crippen molar-refractivity contribution in [1.29, 1.82) is 0 Å². The molecule has 0 aliphatic rings. The first-order valence-electron chi connectivity index (χ1n) is 11.7. The van der Waals surface area contributed by atoms with Crippen molar-refractivity contribution in [3.63, 3.8) is 0 Å². The van der Waals surface area contributed by atoms with Crippen LogP contribution in [0.3, 0.4) is 0 Å². The van der Waals surface area contributed by atoms with Gasteiger partial charge in [0.25, 0.3) is 10.0 Å². The molecule has 11 heteroatoms. The first kappa shape index (κ1) is 28.9. The van der Waals surface area contributed by atoms with Crippen molar-refractivity contribution in [3.05, 3.63) is 71.2 Å². The van der Waals surface area contributed by atoms with E-state index in [0.29, 0.717) is 17.9 Å². The highest BCUT2D eigenvalue weighted by atomic mass is 35.5. The van der Waals surface area contributed by atoms with Crippen molar-refractivity contribution < 1.29 is 32.2 Å². The average molecular weight is 563 g/mol. The summed E-state index contributed by atoms with van der Waals surface area (Å²) in [6, 6.07) is 15.7. The van der Waals surface area contributed by atoms with Crippen LogP contribution in [-0.2, 0) is 14.8 Å². The van der Waals surface area contributed by atoms with Gasteiger partial charge in [-0.05, 0) is 54.4 Å². The Kier molecular flexibility index (Phi) is 9.71.